The van der Waals surface area contributed by atoms with Crippen molar-refractivity contribution in [3.05, 3.63) is 35.6 Å². The molecule has 1 aromatic carbocycles. The summed E-state index contributed by atoms with van der Waals surface area (Å²) in [4.78, 5) is 14.2. The van der Waals surface area contributed by atoms with Crippen LogP contribution in [0.25, 0.3) is 0 Å². The summed E-state index contributed by atoms with van der Waals surface area (Å²) in [7, 11) is 0. The third kappa shape index (κ3) is 4.41. The van der Waals surface area contributed by atoms with Crippen LogP contribution < -0.4 is 10.6 Å². The average Bonchev–Trinajstić information content (AvgIpc) is 2.94. The lowest BCUT2D eigenvalue weighted by molar-refractivity contribution is -0.122. The Hall–Kier alpha value is -1.17. The van der Waals surface area contributed by atoms with Crippen molar-refractivity contribution in [1.29, 1.82) is 0 Å². The molecule has 2 heterocycles. The van der Waals surface area contributed by atoms with Crippen LogP contribution in [0.1, 0.15) is 12.0 Å². The van der Waals surface area contributed by atoms with Gasteiger partial charge in [-0.15, -0.1) is 12.4 Å². The van der Waals surface area contributed by atoms with Crippen molar-refractivity contribution in [3.8, 4) is 0 Å². The number of hydrogen-bond acceptors (Lipinski definition) is 3. The van der Waals surface area contributed by atoms with Crippen LogP contribution >= 0.6 is 12.4 Å². The van der Waals surface area contributed by atoms with Gasteiger partial charge in [0.1, 0.15) is 5.82 Å². The highest BCUT2D eigenvalue weighted by atomic mass is 35.5. The molecule has 1 amide bonds. The number of carbonyl (C=O) groups is 1. The van der Waals surface area contributed by atoms with E-state index in [0.29, 0.717) is 19.0 Å². The van der Waals surface area contributed by atoms with Crippen molar-refractivity contribution in [2.24, 2.45) is 11.8 Å². The Balaban J connectivity index is 0.00000176. The lowest BCUT2D eigenvalue weighted by atomic mass is 9.89. The second kappa shape index (κ2) is 7.90. The summed E-state index contributed by atoms with van der Waals surface area (Å²) in [5.74, 6) is 1.29. The van der Waals surface area contributed by atoms with E-state index in [0.717, 1.165) is 37.7 Å². The van der Waals surface area contributed by atoms with Gasteiger partial charge in [0, 0.05) is 13.1 Å². The predicted octanol–water partition coefficient (Wildman–Crippen LogP) is 1.41. The van der Waals surface area contributed by atoms with Crippen LogP contribution in [-0.4, -0.2) is 43.5 Å². The van der Waals surface area contributed by atoms with Gasteiger partial charge in [-0.25, -0.2) is 4.39 Å². The van der Waals surface area contributed by atoms with E-state index in [2.05, 4.69) is 15.5 Å². The molecule has 2 unspecified atom stereocenters. The summed E-state index contributed by atoms with van der Waals surface area (Å²) >= 11 is 0. The fourth-order valence-electron chi connectivity index (χ4n) is 3.32. The van der Waals surface area contributed by atoms with E-state index in [1.807, 2.05) is 0 Å². The Morgan fingerprint density at radius 2 is 2.00 bits per heavy atom. The van der Waals surface area contributed by atoms with Gasteiger partial charge in [-0.1, -0.05) is 12.1 Å². The number of benzene rings is 1. The van der Waals surface area contributed by atoms with Gasteiger partial charge < -0.3 is 10.6 Å². The number of nitrogens with zero attached hydrogens (tertiary/aromatic N) is 1. The first-order chi connectivity index (χ1) is 10.2. The summed E-state index contributed by atoms with van der Waals surface area (Å²) in [5.41, 5.74) is 0.920. The minimum Gasteiger partial charge on any atom is -0.351 e. The molecule has 2 aliphatic rings. The molecule has 0 spiro atoms. The van der Waals surface area contributed by atoms with E-state index in [4.69, 9.17) is 0 Å². The number of piperidine rings is 1. The molecular formula is C16H23ClFN3O. The molecule has 2 N–H and O–H groups in total. The largest absolute Gasteiger partial charge is 0.351 e. The van der Waals surface area contributed by atoms with Crippen molar-refractivity contribution >= 4 is 18.3 Å². The van der Waals surface area contributed by atoms with Crippen molar-refractivity contribution < 1.29 is 9.18 Å². The molecule has 2 fully saturated rings. The van der Waals surface area contributed by atoms with Crippen LogP contribution in [0.2, 0.25) is 0 Å². The number of rotatable bonds is 4. The zero-order valence-corrected chi connectivity index (χ0v) is 13.4. The molecule has 6 heteroatoms. The van der Waals surface area contributed by atoms with Gasteiger partial charge in [-0.2, -0.15) is 0 Å². The minimum atomic E-state index is -0.252. The van der Waals surface area contributed by atoms with E-state index in [1.165, 1.54) is 18.6 Å². The van der Waals surface area contributed by atoms with Crippen LogP contribution in [-0.2, 0) is 11.3 Å². The molecule has 22 heavy (non-hydrogen) atoms. The molecule has 122 valence electrons. The Kier molecular flexibility index (Phi) is 6.17. The van der Waals surface area contributed by atoms with Crippen LogP contribution in [0, 0.1) is 17.7 Å². The zero-order chi connectivity index (χ0) is 14.7. The fourth-order valence-corrected chi connectivity index (χ4v) is 3.32. The molecule has 0 aromatic heterocycles. The van der Waals surface area contributed by atoms with Gasteiger partial charge in [0.15, 0.2) is 0 Å². The van der Waals surface area contributed by atoms with Gasteiger partial charge in [-0.3, -0.25) is 9.69 Å². The summed E-state index contributed by atoms with van der Waals surface area (Å²) in [6.45, 7) is 5.16. The smallest absolute Gasteiger partial charge is 0.234 e. The third-order valence-corrected chi connectivity index (χ3v) is 4.56. The number of amides is 1. The SMILES string of the molecule is Cl.O=C(CN1CCC2CNCC2C1)NCc1ccc(F)cc1. The fraction of sp³-hybridized carbons (Fsp3) is 0.562. The maximum absolute atomic E-state index is 12.8. The lowest BCUT2D eigenvalue weighted by Crippen LogP contribution is -2.45. The Morgan fingerprint density at radius 3 is 2.77 bits per heavy atom. The quantitative estimate of drug-likeness (QED) is 0.879. The third-order valence-electron chi connectivity index (χ3n) is 4.56. The summed E-state index contributed by atoms with van der Waals surface area (Å²) in [6.07, 6.45) is 1.18. The maximum atomic E-state index is 12.8. The van der Waals surface area contributed by atoms with Gasteiger partial charge in [0.2, 0.25) is 5.91 Å². The Bertz CT molecular complexity index is 497. The minimum absolute atomic E-state index is 0. The molecule has 2 aliphatic heterocycles. The predicted molar refractivity (Wildman–Crippen MR) is 86.4 cm³/mol. The van der Waals surface area contributed by atoms with Crippen molar-refractivity contribution in [2.45, 2.75) is 13.0 Å². The molecule has 0 bridgehead atoms. The first kappa shape index (κ1) is 17.2. The van der Waals surface area contributed by atoms with Crippen molar-refractivity contribution in [3.63, 3.8) is 0 Å². The lowest BCUT2D eigenvalue weighted by Gasteiger charge is -2.33. The molecule has 0 saturated carbocycles. The van der Waals surface area contributed by atoms with Crippen LogP contribution in [0.15, 0.2) is 24.3 Å². The Labute approximate surface area is 136 Å². The van der Waals surface area contributed by atoms with Gasteiger partial charge in [0.25, 0.3) is 0 Å². The average molecular weight is 328 g/mol. The van der Waals surface area contributed by atoms with Crippen LogP contribution in [0.3, 0.4) is 0 Å². The molecule has 1 aromatic rings. The van der Waals surface area contributed by atoms with E-state index < -0.39 is 0 Å². The topological polar surface area (TPSA) is 44.4 Å². The molecule has 0 aliphatic carbocycles. The summed E-state index contributed by atoms with van der Waals surface area (Å²) in [5, 5.41) is 6.34. The maximum Gasteiger partial charge on any atom is 0.234 e. The van der Waals surface area contributed by atoms with E-state index in [1.54, 1.807) is 12.1 Å². The highest BCUT2D eigenvalue weighted by Gasteiger charge is 2.33. The van der Waals surface area contributed by atoms with Crippen molar-refractivity contribution in [2.75, 3.05) is 32.7 Å². The molecule has 4 nitrogen and oxygen atoms in total. The number of halogens is 2. The highest BCUT2D eigenvalue weighted by Crippen LogP contribution is 2.26. The molecular weight excluding hydrogens is 305 g/mol. The first-order valence-electron chi connectivity index (χ1n) is 7.65. The molecule has 2 atom stereocenters. The number of carbonyl (C=O) groups excluding carboxylic acids is 1. The first-order valence-corrected chi connectivity index (χ1v) is 7.65. The highest BCUT2D eigenvalue weighted by molar-refractivity contribution is 5.85. The van der Waals surface area contributed by atoms with E-state index in [-0.39, 0.29) is 24.1 Å². The van der Waals surface area contributed by atoms with Gasteiger partial charge >= 0.3 is 0 Å². The molecule has 2 saturated heterocycles. The number of nitrogens with one attached hydrogen (secondary N) is 2. The summed E-state index contributed by atoms with van der Waals surface area (Å²) in [6, 6.07) is 6.23. The monoisotopic (exact) mass is 327 g/mol. The zero-order valence-electron chi connectivity index (χ0n) is 12.6. The van der Waals surface area contributed by atoms with Gasteiger partial charge in [0.05, 0.1) is 6.54 Å². The second-order valence-electron chi connectivity index (χ2n) is 6.11. The Morgan fingerprint density at radius 1 is 1.27 bits per heavy atom. The van der Waals surface area contributed by atoms with Gasteiger partial charge in [-0.05, 0) is 55.6 Å². The second-order valence-corrected chi connectivity index (χ2v) is 6.11. The number of likely N-dealkylation sites (tertiary alicyclic amines) is 1. The standard InChI is InChI=1S/C16H22FN3O.ClH/c17-15-3-1-12(2-4-15)7-19-16(21)11-20-6-5-13-8-18-9-14(13)10-20;/h1-4,13-14,18H,5-11H2,(H,19,21);1H. The normalized spacial score (nSPS) is 24.4. The van der Waals surface area contributed by atoms with Crippen LogP contribution in [0.4, 0.5) is 4.39 Å². The van der Waals surface area contributed by atoms with Crippen molar-refractivity contribution in [1.82, 2.24) is 15.5 Å². The molecule has 3 rings (SSSR count). The summed E-state index contributed by atoms with van der Waals surface area (Å²) < 4.78 is 12.8. The van der Waals surface area contributed by atoms with E-state index in [9.17, 15) is 9.18 Å². The van der Waals surface area contributed by atoms with Crippen LogP contribution in [0.5, 0.6) is 0 Å². The number of hydrogen-bond donors (Lipinski definition) is 2. The molecule has 0 radical (unpaired) electrons. The number of fused-ring (bicyclic) bond motifs is 1. The van der Waals surface area contributed by atoms with E-state index >= 15 is 0 Å².